The van der Waals surface area contributed by atoms with E-state index in [1.165, 1.54) is 12.8 Å². The van der Waals surface area contributed by atoms with E-state index in [-0.39, 0.29) is 12.4 Å². The number of rotatable bonds is 5. The van der Waals surface area contributed by atoms with E-state index >= 15 is 0 Å². The summed E-state index contributed by atoms with van der Waals surface area (Å²) in [6, 6.07) is 7.56. The van der Waals surface area contributed by atoms with Gasteiger partial charge in [-0.3, -0.25) is 4.79 Å². The SMILES string of the molecule is Cc1ccc(C(=O)COc2c(C)c(C3CC3)nn2C)cc1. The normalized spacial score (nSPS) is 14.2. The van der Waals surface area contributed by atoms with Gasteiger partial charge < -0.3 is 4.74 Å². The number of hydrogen-bond acceptors (Lipinski definition) is 3. The minimum absolute atomic E-state index is 0.0106. The molecule has 0 atom stereocenters. The Bertz CT molecular complexity index is 667. The van der Waals surface area contributed by atoms with Crippen molar-refractivity contribution in [2.75, 3.05) is 6.61 Å². The van der Waals surface area contributed by atoms with E-state index in [1.54, 1.807) is 4.68 Å². The lowest BCUT2D eigenvalue weighted by Crippen LogP contribution is -2.13. The van der Waals surface area contributed by atoms with Crippen LogP contribution in [0.15, 0.2) is 24.3 Å². The molecule has 1 saturated carbocycles. The number of ketones is 1. The zero-order chi connectivity index (χ0) is 15.0. The lowest BCUT2D eigenvalue weighted by atomic mass is 10.1. The van der Waals surface area contributed by atoms with Crippen LogP contribution in [0.2, 0.25) is 0 Å². The second kappa shape index (κ2) is 5.35. The summed E-state index contributed by atoms with van der Waals surface area (Å²) in [6.45, 7) is 4.07. The molecule has 4 nitrogen and oxygen atoms in total. The predicted octanol–water partition coefficient (Wildman–Crippen LogP) is 3.18. The van der Waals surface area contributed by atoms with Gasteiger partial charge in [-0.2, -0.15) is 5.10 Å². The second-order valence-electron chi connectivity index (χ2n) is 5.79. The van der Waals surface area contributed by atoms with Crippen molar-refractivity contribution in [1.29, 1.82) is 0 Å². The molecule has 2 aromatic rings. The Morgan fingerprint density at radius 2 is 1.95 bits per heavy atom. The van der Waals surface area contributed by atoms with Crippen molar-refractivity contribution in [3.8, 4) is 5.88 Å². The molecule has 1 aromatic carbocycles. The van der Waals surface area contributed by atoms with Gasteiger partial charge >= 0.3 is 0 Å². The fraction of sp³-hybridized carbons (Fsp3) is 0.412. The van der Waals surface area contributed by atoms with Crippen molar-refractivity contribution in [2.45, 2.75) is 32.6 Å². The number of carbonyl (C=O) groups excluding carboxylic acids is 1. The molecule has 0 bridgehead atoms. The zero-order valence-corrected chi connectivity index (χ0v) is 12.7. The van der Waals surface area contributed by atoms with Crippen molar-refractivity contribution >= 4 is 5.78 Å². The Morgan fingerprint density at radius 1 is 1.29 bits per heavy atom. The highest BCUT2D eigenvalue weighted by Crippen LogP contribution is 2.42. The van der Waals surface area contributed by atoms with Gasteiger partial charge in [-0.1, -0.05) is 29.8 Å². The van der Waals surface area contributed by atoms with Crippen molar-refractivity contribution in [1.82, 2.24) is 9.78 Å². The Kier molecular flexibility index (Phi) is 3.53. The van der Waals surface area contributed by atoms with Gasteiger partial charge in [0, 0.05) is 24.1 Å². The molecule has 0 amide bonds. The van der Waals surface area contributed by atoms with E-state index in [0.717, 1.165) is 16.8 Å². The molecule has 4 heteroatoms. The first-order valence-electron chi connectivity index (χ1n) is 7.32. The molecule has 0 N–H and O–H groups in total. The first kappa shape index (κ1) is 13.9. The first-order valence-corrected chi connectivity index (χ1v) is 7.32. The summed E-state index contributed by atoms with van der Waals surface area (Å²) < 4.78 is 7.47. The number of ether oxygens (including phenoxy) is 1. The summed E-state index contributed by atoms with van der Waals surface area (Å²) in [5, 5.41) is 4.51. The van der Waals surface area contributed by atoms with Crippen LogP contribution in [0.3, 0.4) is 0 Å². The van der Waals surface area contributed by atoms with Crippen LogP contribution in [-0.4, -0.2) is 22.2 Å². The minimum atomic E-state index is -0.0106. The summed E-state index contributed by atoms with van der Waals surface area (Å²) in [5.41, 5.74) is 4.01. The molecular formula is C17H20N2O2. The lowest BCUT2D eigenvalue weighted by molar-refractivity contribution is 0.0914. The fourth-order valence-electron chi connectivity index (χ4n) is 2.54. The molecule has 0 radical (unpaired) electrons. The molecule has 1 heterocycles. The van der Waals surface area contributed by atoms with Gasteiger partial charge in [0.1, 0.15) is 0 Å². The summed E-state index contributed by atoms with van der Waals surface area (Å²) in [5.74, 6) is 1.28. The van der Waals surface area contributed by atoms with Crippen LogP contribution in [0.25, 0.3) is 0 Å². The highest BCUT2D eigenvalue weighted by atomic mass is 16.5. The van der Waals surface area contributed by atoms with Crippen molar-refractivity contribution in [2.24, 2.45) is 7.05 Å². The summed E-state index contributed by atoms with van der Waals surface area (Å²) in [4.78, 5) is 12.2. The largest absolute Gasteiger partial charge is 0.469 e. The molecule has 1 aliphatic rings. The van der Waals surface area contributed by atoms with Crippen molar-refractivity contribution in [3.05, 3.63) is 46.6 Å². The molecule has 110 valence electrons. The minimum Gasteiger partial charge on any atom is -0.469 e. The summed E-state index contributed by atoms with van der Waals surface area (Å²) >= 11 is 0. The fourth-order valence-corrected chi connectivity index (χ4v) is 2.54. The molecule has 0 aliphatic heterocycles. The van der Waals surface area contributed by atoms with Crippen LogP contribution in [0.5, 0.6) is 5.88 Å². The zero-order valence-electron chi connectivity index (χ0n) is 12.7. The second-order valence-corrected chi connectivity index (χ2v) is 5.79. The third-order valence-electron chi connectivity index (χ3n) is 3.93. The molecule has 0 saturated heterocycles. The van der Waals surface area contributed by atoms with Crippen molar-refractivity contribution in [3.63, 3.8) is 0 Å². The van der Waals surface area contributed by atoms with E-state index in [0.29, 0.717) is 17.4 Å². The topological polar surface area (TPSA) is 44.1 Å². The van der Waals surface area contributed by atoms with E-state index in [9.17, 15) is 4.79 Å². The maximum absolute atomic E-state index is 12.2. The van der Waals surface area contributed by atoms with E-state index in [2.05, 4.69) is 5.10 Å². The van der Waals surface area contributed by atoms with Gasteiger partial charge in [0.15, 0.2) is 12.4 Å². The van der Waals surface area contributed by atoms with Gasteiger partial charge in [0.2, 0.25) is 5.88 Å². The van der Waals surface area contributed by atoms with Crippen molar-refractivity contribution < 1.29 is 9.53 Å². The predicted molar refractivity (Wildman–Crippen MR) is 80.9 cm³/mol. The van der Waals surface area contributed by atoms with Gasteiger partial charge in [0.05, 0.1) is 5.69 Å². The molecule has 3 rings (SSSR count). The smallest absolute Gasteiger partial charge is 0.215 e. The summed E-state index contributed by atoms with van der Waals surface area (Å²) in [7, 11) is 1.87. The Hall–Kier alpha value is -2.10. The number of aryl methyl sites for hydroxylation is 2. The average Bonchev–Trinajstić information content (AvgIpc) is 3.25. The van der Waals surface area contributed by atoms with Crippen LogP contribution < -0.4 is 4.74 Å². The van der Waals surface area contributed by atoms with E-state index < -0.39 is 0 Å². The van der Waals surface area contributed by atoms with Crippen LogP contribution in [0.1, 0.15) is 45.9 Å². The molecular weight excluding hydrogens is 264 g/mol. The Labute approximate surface area is 124 Å². The monoisotopic (exact) mass is 284 g/mol. The molecule has 0 unspecified atom stereocenters. The van der Waals surface area contributed by atoms with Crippen LogP contribution in [0.4, 0.5) is 0 Å². The van der Waals surface area contributed by atoms with Gasteiger partial charge in [0.25, 0.3) is 0 Å². The van der Waals surface area contributed by atoms with Crippen LogP contribution in [-0.2, 0) is 7.05 Å². The Balaban J connectivity index is 1.70. The van der Waals surface area contributed by atoms with E-state index in [4.69, 9.17) is 4.74 Å². The molecule has 21 heavy (non-hydrogen) atoms. The number of benzene rings is 1. The number of aromatic nitrogens is 2. The molecule has 1 fully saturated rings. The average molecular weight is 284 g/mol. The molecule has 1 aliphatic carbocycles. The standard InChI is InChI=1S/C17H20N2O2/c1-11-4-6-13(7-5-11)15(20)10-21-17-12(2)16(14-8-9-14)18-19(17)3/h4-7,14H,8-10H2,1-3H3. The maximum atomic E-state index is 12.2. The number of Topliss-reactive ketones (excluding diaryl/α,β-unsaturated/α-hetero) is 1. The van der Waals surface area contributed by atoms with Crippen LogP contribution in [0, 0.1) is 13.8 Å². The lowest BCUT2D eigenvalue weighted by Gasteiger charge is -2.07. The Morgan fingerprint density at radius 3 is 2.57 bits per heavy atom. The number of carbonyl (C=O) groups is 1. The van der Waals surface area contributed by atoms with E-state index in [1.807, 2.05) is 45.2 Å². The first-order chi connectivity index (χ1) is 10.1. The van der Waals surface area contributed by atoms with Gasteiger partial charge in [-0.15, -0.1) is 0 Å². The highest BCUT2D eigenvalue weighted by molar-refractivity contribution is 5.97. The molecule has 1 aromatic heterocycles. The highest BCUT2D eigenvalue weighted by Gasteiger charge is 2.30. The number of hydrogen-bond donors (Lipinski definition) is 0. The van der Waals surface area contributed by atoms with Gasteiger partial charge in [-0.25, -0.2) is 4.68 Å². The summed E-state index contributed by atoms with van der Waals surface area (Å²) in [6.07, 6.45) is 2.42. The molecule has 0 spiro atoms. The number of nitrogens with zero attached hydrogens (tertiary/aromatic N) is 2. The third-order valence-corrected chi connectivity index (χ3v) is 3.93. The van der Waals surface area contributed by atoms with Crippen LogP contribution >= 0.6 is 0 Å². The maximum Gasteiger partial charge on any atom is 0.215 e. The van der Waals surface area contributed by atoms with Gasteiger partial charge in [-0.05, 0) is 26.7 Å². The quantitative estimate of drug-likeness (QED) is 0.792. The third kappa shape index (κ3) is 2.84.